The number of aliphatic imine (C=N–C) groups is 1. The van der Waals surface area contributed by atoms with E-state index < -0.39 is 0 Å². The van der Waals surface area contributed by atoms with E-state index >= 15 is 0 Å². The summed E-state index contributed by atoms with van der Waals surface area (Å²) in [6, 6.07) is 0. The minimum absolute atomic E-state index is 0.153. The number of esters is 1. The van der Waals surface area contributed by atoms with Gasteiger partial charge in [0, 0.05) is 0 Å². The first-order valence-electron chi connectivity index (χ1n) is 4.28. The molecule has 0 aliphatic heterocycles. The Bertz CT molecular complexity index is 207. The van der Waals surface area contributed by atoms with Crippen molar-refractivity contribution in [1.29, 1.82) is 0 Å². The van der Waals surface area contributed by atoms with Crippen LogP contribution in [0.1, 0.15) is 20.8 Å². The maximum Gasteiger partial charge on any atom is 0.310 e. The number of hydrogen-bond donors (Lipinski definition) is 0. The molecule has 0 bridgehead atoms. The first-order chi connectivity index (χ1) is 6.07. The highest BCUT2D eigenvalue weighted by Crippen LogP contribution is 2.01. The molecular weight excluding hydrogens is 170 g/mol. The summed E-state index contributed by atoms with van der Waals surface area (Å²) in [6.07, 6.45) is 1.39. The number of hydrogen-bond acceptors (Lipinski definition) is 4. The third-order valence-electron chi connectivity index (χ3n) is 1.39. The molecular formula is C9H15NO3. The molecule has 0 saturated carbocycles. The molecule has 1 atom stereocenters. The molecule has 4 nitrogen and oxygen atoms in total. The Balaban J connectivity index is 3.75. The molecule has 74 valence electrons. The van der Waals surface area contributed by atoms with Crippen LogP contribution < -0.4 is 0 Å². The average molecular weight is 185 g/mol. The van der Waals surface area contributed by atoms with Crippen molar-refractivity contribution in [3.63, 3.8) is 0 Å². The zero-order valence-electron chi connectivity index (χ0n) is 8.24. The van der Waals surface area contributed by atoms with Crippen LogP contribution in [-0.4, -0.2) is 25.2 Å². The lowest BCUT2D eigenvalue weighted by atomic mass is 10.2. The smallest absolute Gasteiger partial charge is 0.310 e. The summed E-state index contributed by atoms with van der Waals surface area (Å²) in [5, 5.41) is 0. The van der Waals surface area contributed by atoms with E-state index in [9.17, 15) is 9.59 Å². The number of carbonyl (C=O) groups is 1. The van der Waals surface area contributed by atoms with Gasteiger partial charge in [-0.2, -0.15) is 0 Å². The number of nitrogens with zero attached hydrogens (tertiary/aromatic N) is 1. The summed E-state index contributed by atoms with van der Waals surface area (Å²) in [5.74, 6) is -0.348. The number of ether oxygens (including phenoxy) is 1. The van der Waals surface area contributed by atoms with E-state index in [1.807, 2.05) is 13.8 Å². The second-order valence-electron chi connectivity index (χ2n) is 3.36. The summed E-state index contributed by atoms with van der Waals surface area (Å²) in [7, 11) is 0. The lowest BCUT2D eigenvalue weighted by molar-refractivity contribution is -0.148. The SMILES string of the molecule is CC(C)COC(=O)[C@@H](C)CN=C=O. The van der Waals surface area contributed by atoms with Crippen LogP contribution in [-0.2, 0) is 14.3 Å². The minimum Gasteiger partial charge on any atom is -0.465 e. The van der Waals surface area contributed by atoms with Gasteiger partial charge in [-0.15, -0.1) is 0 Å². The lowest BCUT2D eigenvalue weighted by Crippen LogP contribution is -2.19. The van der Waals surface area contributed by atoms with Gasteiger partial charge in [-0.3, -0.25) is 4.79 Å². The maximum atomic E-state index is 11.1. The highest BCUT2D eigenvalue weighted by Gasteiger charge is 2.13. The quantitative estimate of drug-likeness (QED) is 0.367. The van der Waals surface area contributed by atoms with Crippen LogP contribution in [0.5, 0.6) is 0 Å². The van der Waals surface area contributed by atoms with Gasteiger partial charge in [0.25, 0.3) is 0 Å². The van der Waals surface area contributed by atoms with Crippen molar-refractivity contribution in [3.8, 4) is 0 Å². The Labute approximate surface area is 78.0 Å². The zero-order chi connectivity index (χ0) is 10.3. The summed E-state index contributed by atoms with van der Waals surface area (Å²) in [6.45, 7) is 6.15. The van der Waals surface area contributed by atoms with Gasteiger partial charge >= 0.3 is 5.97 Å². The molecule has 0 amide bonds. The molecule has 0 aromatic heterocycles. The number of isocyanates is 1. The largest absolute Gasteiger partial charge is 0.465 e. The predicted molar refractivity (Wildman–Crippen MR) is 47.9 cm³/mol. The number of carbonyl (C=O) groups excluding carboxylic acids is 2. The Morgan fingerprint density at radius 1 is 1.46 bits per heavy atom. The van der Waals surface area contributed by atoms with E-state index in [4.69, 9.17) is 4.74 Å². The zero-order valence-corrected chi connectivity index (χ0v) is 8.24. The Hall–Kier alpha value is -1.15. The van der Waals surface area contributed by atoms with Crippen molar-refractivity contribution in [2.75, 3.05) is 13.2 Å². The molecule has 0 aliphatic rings. The van der Waals surface area contributed by atoms with Crippen molar-refractivity contribution >= 4 is 12.0 Å². The van der Waals surface area contributed by atoms with Gasteiger partial charge in [0.1, 0.15) is 0 Å². The molecule has 0 spiro atoms. The highest BCUT2D eigenvalue weighted by atomic mass is 16.5. The Morgan fingerprint density at radius 2 is 2.08 bits per heavy atom. The summed E-state index contributed by atoms with van der Waals surface area (Å²) in [5.41, 5.74) is 0. The fraction of sp³-hybridized carbons (Fsp3) is 0.778. The third-order valence-corrected chi connectivity index (χ3v) is 1.39. The predicted octanol–water partition coefficient (Wildman–Crippen LogP) is 1.16. The van der Waals surface area contributed by atoms with Gasteiger partial charge < -0.3 is 4.74 Å². The van der Waals surface area contributed by atoms with E-state index in [0.29, 0.717) is 12.5 Å². The second kappa shape index (κ2) is 6.38. The van der Waals surface area contributed by atoms with Crippen LogP contribution in [0.25, 0.3) is 0 Å². The van der Waals surface area contributed by atoms with Crippen molar-refractivity contribution in [2.24, 2.45) is 16.8 Å². The minimum atomic E-state index is -0.361. The Morgan fingerprint density at radius 3 is 2.54 bits per heavy atom. The fourth-order valence-corrected chi connectivity index (χ4v) is 0.640. The molecule has 4 heteroatoms. The lowest BCUT2D eigenvalue weighted by Gasteiger charge is -2.10. The van der Waals surface area contributed by atoms with Crippen LogP contribution in [0, 0.1) is 11.8 Å². The molecule has 0 N–H and O–H groups in total. The van der Waals surface area contributed by atoms with Gasteiger partial charge in [-0.05, 0) is 5.92 Å². The molecule has 0 aromatic carbocycles. The number of rotatable bonds is 5. The first-order valence-corrected chi connectivity index (χ1v) is 4.28. The van der Waals surface area contributed by atoms with Gasteiger partial charge in [0.05, 0.1) is 19.1 Å². The summed E-state index contributed by atoms with van der Waals surface area (Å²) < 4.78 is 4.93. The fourth-order valence-electron chi connectivity index (χ4n) is 0.640. The van der Waals surface area contributed by atoms with Gasteiger partial charge in [-0.1, -0.05) is 20.8 Å². The van der Waals surface area contributed by atoms with E-state index in [0.717, 1.165) is 0 Å². The topological polar surface area (TPSA) is 55.7 Å². The summed E-state index contributed by atoms with van der Waals surface area (Å²) in [4.78, 5) is 24.2. The van der Waals surface area contributed by atoms with Crippen LogP contribution in [0.4, 0.5) is 0 Å². The van der Waals surface area contributed by atoms with Gasteiger partial charge in [-0.25, -0.2) is 9.79 Å². The van der Waals surface area contributed by atoms with Crippen LogP contribution >= 0.6 is 0 Å². The van der Waals surface area contributed by atoms with Crippen LogP contribution in [0.2, 0.25) is 0 Å². The van der Waals surface area contributed by atoms with Crippen molar-refractivity contribution < 1.29 is 14.3 Å². The molecule has 0 aliphatic carbocycles. The van der Waals surface area contributed by atoms with Crippen LogP contribution in [0.3, 0.4) is 0 Å². The van der Waals surface area contributed by atoms with Gasteiger partial charge in [0.15, 0.2) is 0 Å². The standard InChI is InChI=1S/C9H15NO3/c1-7(2)5-13-9(12)8(3)4-10-6-11/h7-8H,4-5H2,1-3H3/t8-/m0/s1. The first kappa shape index (κ1) is 11.8. The molecule has 0 radical (unpaired) electrons. The average Bonchev–Trinajstić information content (AvgIpc) is 2.10. The van der Waals surface area contributed by atoms with E-state index in [-0.39, 0.29) is 18.4 Å². The highest BCUT2D eigenvalue weighted by molar-refractivity contribution is 5.72. The van der Waals surface area contributed by atoms with E-state index in [2.05, 4.69) is 4.99 Å². The monoisotopic (exact) mass is 185 g/mol. The second-order valence-corrected chi connectivity index (χ2v) is 3.36. The molecule has 0 heterocycles. The van der Waals surface area contributed by atoms with Crippen molar-refractivity contribution in [1.82, 2.24) is 0 Å². The van der Waals surface area contributed by atoms with E-state index in [1.54, 1.807) is 6.92 Å². The molecule has 13 heavy (non-hydrogen) atoms. The molecule has 0 saturated heterocycles. The maximum absolute atomic E-state index is 11.1. The summed E-state index contributed by atoms with van der Waals surface area (Å²) >= 11 is 0. The molecule has 0 fully saturated rings. The van der Waals surface area contributed by atoms with Gasteiger partial charge in [0.2, 0.25) is 6.08 Å². The van der Waals surface area contributed by atoms with Crippen LogP contribution in [0.15, 0.2) is 4.99 Å². The third kappa shape index (κ3) is 6.05. The molecule has 0 rings (SSSR count). The normalized spacial score (nSPS) is 12.0. The molecule has 0 unspecified atom stereocenters. The van der Waals surface area contributed by atoms with Crippen molar-refractivity contribution in [2.45, 2.75) is 20.8 Å². The Kier molecular flexibility index (Phi) is 5.81. The molecule has 0 aromatic rings. The van der Waals surface area contributed by atoms with Crippen molar-refractivity contribution in [3.05, 3.63) is 0 Å². The van der Waals surface area contributed by atoms with E-state index in [1.165, 1.54) is 6.08 Å².